The number of aromatic nitrogens is 2. The zero-order valence-electron chi connectivity index (χ0n) is 15.0. The van der Waals surface area contributed by atoms with E-state index in [1.54, 1.807) is 10.9 Å². The smallest absolute Gasteiger partial charge is 0.242 e. The summed E-state index contributed by atoms with van der Waals surface area (Å²) < 4.78 is 1.73. The van der Waals surface area contributed by atoms with Crippen LogP contribution in [0.1, 0.15) is 56.6 Å². The summed E-state index contributed by atoms with van der Waals surface area (Å²) in [5, 5.41) is 10.5. The number of hydrogen-bond donors (Lipinski definition) is 2. The molecule has 1 aromatic heterocycles. The summed E-state index contributed by atoms with van der Waals surface area (Å²) in [6, 6.07) is 0.760. The molecule has 1 amide bonds. The number of nitrogens with zero attached hydrogens (tertiary/aromatic N) is 3. The van der Waals surface area contributed by atoms with E-state index in [0.29, 0.717) is 6.04 Å². The Kier molecular flexibility index (Phi) is 5.89. The van der Waals surface area contributed by atoms with Gasteiger partial charge in [0.1, 0.15) is 6.04 Å². The Hall–Kier alpha value is -1.40. The maximum absolute atomic E-state index is 12.6. The fraction of sp³-hybridized carbons (Fsp3) is 0.778. The van der Waals surface area contributed by atoms with Crippen LogP contribution < -0.4 is 10.6 Å². The molecule has 3 rings (SSSR count). The number of likely N-dealkylation sites (N-methyl/N-ethyl adjacent to an activating group) is 1. The zero-order valence-corrected chi connectivity index (χ0v) is 15.0. The van der Waals surface area contributed by atoms with E-state index in [4.69, 9.17) is 0 Å². The van der Waals surface area contributed by atoms with Crippen LogP contribution in [0.4, 0.5) is 0 Å². The second kappa shape index (κ2) is 8.12. The van der Waals surface area contributed by atoms with Crippen LogP contribution in [0.5, 0.6) is 0 Å². The van der Waals surface area contributed by atoms with Crippen molar-refractivity contribution in [2.24, 2.45) is 7.05 Å². The van der Waals surface area contributed by atoms with Crippen molar-refractivity contribution in [3.05, 3.63) is 18.0 Å². The first-order valence-electron chi connectivity index (χ1n) is 9.37. The molecule has 1 aliphatic heterocycles. The van der Waals surface area contributed by atoms with Crippen LogP contribution in [0.2, 0.25) is 0 Å². The summed E-state index contributed by atoms with van der Waals surface area (Å²) in [6.07, 6.45) is 12.7. The standard InChI is InChI=1S/C18H31N5O/c1-19-17(14-12-20-22(2)13-14)18(24)21-15-8-10-23(11-9-15)16-6-4-3-5-7-16/h12-13,15-17,19H,3-11H2,1-2H3,(H,21,24). The molecule has 1 aromatic rings. The third kappa shape index (κ3) is 4.16. The van der Waals surface area contributed by atoms with Crippen molar-refractivity contribution in [3.63, 3.8) is 0 Å². The first kappa shape index (κ1) is 17.4. The predicted molar refractivity (Wildman–Crippen MR) is 94.6 cm³/mol. The van der Waals surface area contributed by atoms with Crippen molar-refractivity contribution in [3.8, 4) is 0 Å². The highest BCUT2D eigenvalue weighted by Gasteiger charge is 2.28. The fourth-order valence-electron chi connectivity index (χ4n) is 4.18. The van der Waals surface area contributed by atoms with Crippen LogP contribution in [-0.2, 0) is 11.8 Å². The Labute approximate surface area is 145 Å². The number of rotatable bonds is 5. The minimum Gasteiger partial charge on any atom is -0.352 e. The minimum absolute atomic E-state index is 0.0571. The molecule has 6 nitrogen and oxygen atoms in total. The van der Waals surface area contributed by atoms with Gasteiger partial charge >= 0.3 is 0 Å². The average molecular weight is 333 g/mol. The molecule has 134 valence electrons. The molecule has 2 aliphatic rings. The first-order chi connectivity index (χ1) is 11.7. The lowest BCUT2D eigenvalue weighted by Crippen LogP contribution is -2.50. The highest BCUT2D eigenvalue weighted by atomic mass is 16.2. The van der Waals surface area contributed by atoms with E-state index >= 15 is 0 Å². The van der Waals surface area contributed by atoms with Gasteiger partial charge in [-0.15, -0.1) is 0 Å². The number of amides is 1. The molecule has 0 bridgehead atoms. The predicted octanol–water partition coefficient (Wildman–Crippen LogP) is 1.59. The highest BCUT2D eigenvalue weighted by Crippen LogP contribution is 2.25. The molecule has 0 aromatic carbocycles. The molecule has 1 unspecified atom stereocenters. The number of nitrogens with one attached hydrogen (secondary N) is 2. The second-order valence-corrected chi connectivity index (χ2v) is 7.28. The van der Waals surface area contributed by atoms with E-state index in [1.807, 2.05) is 20.3 Å². The van der Waals surface area contributed by atoms with E-state index in [0.717, 1.165) is 37.5 Å². The molecule has 1 saturated carbocycles. The molecule has 2 fully saturated rings. The van der Waals surface area contributed by atoms with Crippen molar-refractivity contribution in [1.82, 2.24) is 25.3 Å². The number of piperidine rings is 1. The van der Waals surface area contributed by atoms with Crippen molar-refractivity contribution < 1.29 is 4.79 Å². The molecule has 2 heterocycles. The van der Waals surface area contributed by atoms with Gasteiger partial charge in [-0.2, -0.15) is 5.10 Å². The van der Waals surface area contributed by atoms with Crippen molar-refractivity contribution in [2.75, 3.05) is 20.1 Å². The molecule has 1 aliphatic carbocycles. The second-order valence-electron chi connectivity index (χ2n) is 7.28. The van der Waals surface area contributed by atoms with E-state index in [-0.39, 0.29) is 11.9 Å². The highest BCUT2D eigenvalue weighted by molar-refractivity contribution is 5.83. The third-order valence-corrected chi connectivity index (χ3v) is 5.58. The molecule has 1 saturated heterocycles. The van der Waals surface area contributed by atoms with Gasteiger partial charge in [-0.25, -0.2) is 0 Å². The molecule has 24 heavy (non-hydrogen) atoms. The van der Waals surface area contributed by atoms with Gasteiger partial charge in [0.25, 0.3) is 0 Å². The van der Waals surface area contributed by atoms with Gasteiger partial charge in [-0.05, 0) is 32.7 Å². The van der Waals surface area contributed by atoms with Gasteiger partial charge in [0.05, 0.1) is 6.20 Å². The molecular formula is C18H31N5O. The van der Waals surface area contributed by atoms with Crippen molar-refractivity contribution in [2.45, 2.75) is 63.1 Å². The maximum atomic E-state index is 12.6. The van der Waals surface area contributed by atoms with Gasteiger partial charge < -0.3 is 15.5 Å². The van der Waals surface area contributed by atoms with E-state index < -0.39 is 0 Å². The largest absolute Gasteiger partial charge is 0.352 e. The maximum Gasteiger partial charge on any atom is 0.242 e. The van der Waals surface area contributed by atoms with E-state index in [2.05, 4.69) is 20.6 Å². The van der Waals surface area contributed by atoms with Crippen LogP contribution in [0.25, 0.3) is 0 Å². The monoisotopic (exact) mass is 333 g/mol. The summed E-state index contributed by atoms with van der Waals surface area (Å²) in [7, 11) is 3.69. The first-order valence-corrected chi connectivity index (χ1v) is 9.37. The minimum atomic E-state index is -0.324. The van der Waals surface area contributed by atoms with Gasteiger partial charge in [0.2, 0.25) is 5.91 Å². The summed E-state index contributed by atoms with van der Waals surface area (Å²) in [4.78, 5) is 15.3. The molecule has 2 N–H and O–H groups in total. The number of aryl methyl sites for hydroxylation is 1. The van der Waals surface area contributed by atoms with Crippen molar-refractivity contribution >= 4 is 5.91 Å². The number of hydrogen-bond acceptors (Lipinski definition) is 4. The SMILES string of the molecule is CNC(C(=O)NC1CCN(C2CCCCC2)CC1)c1cnn(C)c1. The Morgan fingerprint density at radius 1 is 1.21 bits per heavy atom. The average Bonchev–Trinajstić information content (AvgIpc) is 3.03. The number of likely N-dealkylation sites (tertiary alicyclic amines) is 1. The van der Waals surface area contributed by atoms with Crippen LogP contribution in [0, 0.1) is 0 Å². The fourth-order valence-corrected chi connectivity index (χ4v) is 4.18. The Balaban J connectivity index is 1.48. The lowest BCUT2D eigenvalue weighted by molar-refractivity contribution is -0.124. The topological polar surface area (TPSA) is 62.2 Å². The van der Waals surface area contributed by atoms with E-state index in [1.165, 1.54) is 32.1 Å². The lowest BCUT2D eigenvalue weighted by atomic mass is 9.92. The normalized spacial score (nSPS) is 22.4. The molecular weight excluding hydrogens is 302 g/mol. The summed E-state index contributed by atoms with van der Waals surface area (Å²) in [5.74, 6) is 0.0571. The Bertz CT molecular complexity index is 529. The Morgan fingerprint density at radius 3 is 2.50 bits per heavy atom. The van der Waals surface area contributed by atoms with Gasteiger partial charge in [0, 0.05) is 44.0 Å². The Morgan fingerprint density at radius 2 is 1.92 bits per heavy atom. The van der Waals surface area contributed by atoms with Gasteiger partial charge in [-0.1, -0.05) is 19.3 Å². The quantitative estimate of drug-likeness (QED) is 0.859. The van der Waals surface area contributed by atoms with Gasteiger partial charge in [0.15, 0.2) is 0 Å². The van der Waals surface area contributed by atoms with Gasteiger partial charge in [-0.3, -0.25) is 9.48 Å². The lowest BCUT2D eigenvalue weighted by Gasteiger charge is -2.39. The summed E-state index contributed by atoms with van der Waals surface area (Å²) in [6.45, 7) is 2.24. The number of carbonyl (C=O) groups excluding carboxylic acids is 1. The van der Waals surface area contributed by atoms with Crippen LogP contribution in [-0.4, -0.2) is 52.8 Å². The summed E-state index contributed by atoms with van der Waals surface area (Å²) in [5.41, 5.74) is 0.914. The van der Waals surface area contributed by atoms with Crippen LogP contribution in [0.3, 0.4) is 0 Å². The molecule has 0 spiro atoms. The van der Waals surface area contributed by atoms with Crippen LogP contribution >= 0.6 is 0 Å². The van der Waals surface area contributed by atoms with E-state index in [9.17, 15) is 4.79 Å². The number of carbonyl (C=O) groups is 1. The van der Waals surface area contributed by atoms with Crippen LogP contribution in [0.15, 0.2) is 12.4 Å². The molecule has 1 atom stereocenters. The molecule has 6 heteroatoms. The zero-order chi connectivity index (χ0) is 16.9. The summed E-state index contributed by atoms with van der Waals surface area (Å²) >= 11 is 0. The molecule has 0 radical (unpaired) electrons. The third-order valence-electron chi connectivity index (χ3n) is 5.58. The van der Waals surface area contributed by atoms with Crippen molar-refractivity contribution in [1.29, 1.82) is 0 Å².